The number of carbonyl (C=O) groups is 1. The van der Waals surface area contributed by atoms with Crippen molar-refractivity contribution >= 4 is 29.0 Å². The number of rotatable bonds is 2. The zero-order chi connectivity index (χ0) is 14.8. The molecule has 0 radical (unpaired) electrons. The SMILES string of the molecule is O=C1c2ccccc2CCCC1Cc1ccc(Cl)cc1Cl. The molecule has 21 heavy (non-hydrogen) atoms. The van der Waals surface area contributed by atoms with E-state index in [1.54, 1.807) is 6.07 Å². The number of halogens is 2. The van der Waals surface area contributed by atoms with Crippen LogP contribution < -0.4 is 0 Å². The van der Waals surface area contributed by atoms with Crippen molar-refractivity contribution in [1.82, 2.24) is 0 Å². The molecule has 1 atom stereocenters. The van der Waals surface area contributed by atoms with Crippen LogP contribution in [0.3, 0.4) is 0 Å². The van der Waals surface area contributed by atoms with Crippen molar-refractivity contribution in [3.63, 3.8) is 0 Å². The van der Waals surface area contributed by atoms with Crippen molar-refractivity contribution in [2.75, 3.05) is 0 Å². The normalized spacial score (nSPS) is 18.2. The standard InChI is InChI=1S/C18H16Cl2O/c19-15-9-8-13(17(20)11-15)10-14-6-3-5-12-4-1-2-7-16(12)18(14)21/h1-2,4,7-9,11,14H,3,5-6,10H2. The van der Waals surface area contributed by atoms with Gasteiger partial charge in [-0.15, -0.1) is 0 Å². The Hall–Kier alpha value is -1.31. The van der Waals surface area contributed by atoms with E-state index in [1.807, 2.05) is 30.3 Å². The Morgan fingerprint density at radius 2 is 1.90 bits per heavy atom. The molecular weight excluding hydrogens is 303 g/mol. The van der Waals surface area contributed by atoms with Crippen LogP contribution in [0.4, 0.5) is 0 Å². The first-order valence-electron chi connectivity index (χ1n) is 7.21. The molecular formula is C18H16Cl2O. The Morgan fingerprint density at radius 1 is 1.10 bits per heavy atom. The smallest absolute Gasteiger partial charge is 0.166 e. The second-order valence-corrected chi connectivity index (χ2v) is 6.39. The third kappa shape index (κ3) is 3.14. The molecule has 0 aromatic heterocycles. The zero-order valence-corrected chi connectivity index (χ0v) is 13.1. The van der Waals surface area contributed by atoms with Gasteiger partial charge >= 0.3 is 0 Å². The first kappa shape index (κ1) is 14.6. The average Bonchev–Trinajstić information content (AvgIpc) is 2.63. The highest BCUT2D eigenvalue weighted by molar-refractivity contribution is 6.35. The summed E-state index contributed by atoms with van der Waals surface area (Å²) in [4.78, 5) is 12.8. The zero-order valence-electron chi connectivity index (χ0n) is 11.6. The highest BCUT2D eigenvalue weighted by Gasteiger charge is 2.25. The van der Waals surface area contributed by atoms with Crippen LogP contribution >= 0.6 is 23.2 Å². The highest BCUT2D eigenvalue weighted by atomic mass is 35.5. The van der Waals surface area contributed by atoms with E-state index in [-0.39, 0.29) is 11.7 Å². The van der Waals surface area contributed by atoms with Crippen LogP contribution in [-0.4, -0.2) is 5.78 Å². The van der Waals surface area contributed by atoms with Crippen LogP contribution in [0.1, 0.15) is 34.3 Å². The van der Waals surface area contributed by atoms with Gasteiger partial charge in [-0.05, 0) is 48.9 Å². The molecule has 1 unspecified atom stereocenters. The summed E-state index contributed by atoms with van der Waals surface area (Å²) in [6.07, 6.45) is 3.61. The lowest BCUT2D eigenvalue weighted by molar-refractivity contribution is 0.0915. The minimum absolute atomic E-state index is 0.00678. The number of carbonyl (C=O) groups excluding carboxylic acids is 1. The Morgan fingerprint density at radius 3 is 2.71 bits per heavy atom. The lowest BCUT2D eigenvalue weighted by Crippen LogP contribution is -2.17. The largest absolute Gasteiger partial charge is 0.294 e. The number of benzene rings is 2. The summed E-state index contributed by atoms with van der Waals surface area (Å²) in [5.41, 5.74) is 3.05. The second kappa shape index (κ2) is 6.21. The van der Waals surface area contributed by atoms with Crippen LogP contribution in [0.15, 0.2) is 42.5 Å². The average molecular weight is 319 g/mol. The van der Waals surface area contributed by atoms with Crippen molar-refractivity contribution in [1.29, 1.82) is 0 Å². The topological polar surface area (TPSA) is 17.1 Å². The fourth-order valence-electron chi connectivity index (χ4n) is 3.02. The molecule has 0 amide bonds. The minimum Gasteiger partial charge on any atom is -0.294 e. The molecule has 3 heteroatoms. The molecule has 0 aliphatic heterocycles. The first-order valence-corrected chi connectivity index (χ1v) is 7.97. The monoisotopic (exact) mass is 318 g/mol. The Kier molecular flexibility index (Phi) is 4.32. The molecule has 3 rings (SSSR count). The Balaban J connectivity index is 1.87. The maximum Gasteiger partial charge on any atom is 0.166 e. The number of hydrogen-bond donors (Lipinski definition) is 0. The van der Waals surface area contributed by atoms with Gasteiger partial charge in [0, 0.05) is 21.5 Å². The molecule has 0 saturated carbocycles. The van der Waals surface area contributed by atoms with Crippen LogP contribution in [0.2, 0.25) is 10.0 Å². The summed E-state index contributed by atoms with van der Waals surface area (Å²) in [5, 5.41) is 1.27. The predicted molar refractivity (Wildman–Crippen MR) is 87.4 cm³/mol. The summed E-state index contributed by atoms with van der Waals surface area (Å²) in [6, 6.07) is 13.4. The number of aryl methyl sites for hydroxylation is 1. The maximum absolute atomic E-state index is 12.8. The van der Waals surface area contributed by atoms with Crippen molar-refractivity contribution in [2.24, 2.45) is 5.92 Å². The summed E-state index contributed by atoms with van der Waals surface area (Å²) < 4.78 is 0. The second-order valence-electron chi connectivity index (χ2n) is 5.55. The van der Waals surface area contributed by atoms with Gasteiger partial charge in [0.25, 0.3) is 0 Å². The van der Waals surface area contributed by atoms with Gasteiger partial charge in [-0.2, -0.15) is 0 Å². The van der Waals surface area contributed by atoms with Crippen LogP contribution in [0.5, 0.6) is 0 Å². The van der Waals surface area contributed by atoms with E-state index in [2.05, 4.69) is 6.07 Å². The molecule has 108 valence electrons. The van der Waals surface area contributed by atoms with E-state index in [9.17, 15) is 4.79 Å². The fourth-order valence-corrected chi connectivity index (χ4v) is 3.50. The summed E-state index contributed by atoms with van der Waals surface area (Å²) in [6.45, 7) is 0. The maximum atomic E-state index is 12.8. The van der Waals surface area contributed by atoms with Gasteiger partial charge in [-0.3, -0.25) is 4.79 Å². The van der Waals surface area contributed by atoms with E-state index in [4.69, 9.17) is 23.2 Å². The number of ketones is 1. The molecule has 2 aromatic carbocycles. The number of Topliss-reactive ketones (excluding diaryl/α,β-unsaturated/α-hetero) is 1. The quantitative estimate of drug-likeness (QED) is 0.680. The lowest BCUT2D eigenvalue weighted by Gasteiger charge is -2.15. The van der Waals surface area contributed by atoms with E-state index in [0.29, 0.717) is 16.5 Å². The van der Waals surface area contributed by atoms with E-state index < -0.39 is 0 Å². The van der Waals surface area contributed by atoms with Gasteiger partial charge in [0.1, 0.15) is 0 Å². The molecule has 1 nitrogen and oxygen atoms in total. The van der Waals surface area contributed by atoms with Gasteiger partial charge in [0.2, 0.25) is 0 Å². The highest BCUT2D eigenvalue weighted by Crippen LogP contribution is 2.30. The van der Waals surface area contributed by atoms with Gasteiger partial charge in [-0.1, -0.05) is 53.5 Å². The van der Waals surface area contributed by atoms with Gasteiger partial charge in [0.05, 0.1) is 0 Å². The third-order valence-electron chi connectivity index (χ3n) is 4.13. The van der Waals surface area contributed by atoms with Crippen molar-refractivity contribution < 1.29 is 4.79 Å². The molecule has 0 fully saturated rings. The molecule has 0 spiro atoms. The van der Waals surface area contributed by atoms with Crippen LogP contribution in [0.25, 0.3) is 0 Å². The van der Waals surface area contributed by atoms with Crippen LogP contribution in [-0.2, 0) is 12.8 Å². The molecule has 0 heterocycles. The van der Waals surface area contributed by atoms with Gasteiger partial charge in [0.15, 0.2) is 5.78 Å². The molecule has 1 aliphatic rings. The Bertz CT molecular complexity index is 679. The first-order chi connectivity index (χ1) is 10.1. The number of fused-ring (bicyclic) bond motifs is 1. The van der Waals surface area contributed by atoms with E-state index in [1.165, 1.54) is 5.56 Å². The summed E-state index contributed by atoms with van der Waals surface area (Å²) in [5.74, 6) is 0.251. The van der Waals surface area contributed by atoms with Crippen LogP contribution in [0, 0.1) is 5.92 Å². The van der Waals surface area contributed by atoms with Crippen molar-refractivity contribution in [3.8, 4) is 0 Å². The molecule has 0 N–H and O–H groups in total. The van der Waals surface area contributed by atoms with Gasteiger partial charge in [-0.25, -0.2) is 0 Å². The molecule has 2 aromatic rings. The van der Waals surface area contributed by atoms with Crippen molar-refractivity contribution in [3.05, 3.63) is 69.2 Å². The molecule has 0 bridgehead atoms. The van der Waals surface area contributed by atoms with Crippen molar-refractivity contribution in [2.45, 2.75) is 25.7 Å². The predicted octanol–water partition coefficient (Wildman–Crippen LogP) is 5.37. The molecule has 0 saturated heterocycles. The lowest BCUT2D eigenvalue weighted by atomic mass is 9.89. The number of hydrogen-bond acceptors (Lipinski definition) is 1. The van der Waals surface area contributed by atoms with Gasteiger partial charge < -0.3 is 0 Å². The summed E-state index contributed by atoms with van der Waals surface area (Å²) in [7, 11) is 0. The third-order valence-corrected chi connectivity index (χ3v) is 4.72. The minimum atomic E-state index is 0.00678. The summed E-state index contributed by atoms with van der Waals surface area (Å²) >= 11 is 12.2. The fraction of sp³-hybridized carbons (Fsp3) is 0.278. The molecule has 1 aliphatic carbocycles. The van der Waals surface area contributed by atoms with E-state index >= 15 is 0 Å². The van der Waals surface area contributed by atoms with E-state index in [0.717, 1.165) is 30.4 Å². The Labute approximate surface area is 134 Å².